The Hall–Kier alpha value is -0.540. The van der Waals surface area contributed by atoms with Crippen LogP contribution in [0.1, 0.15) is 51.1 Å². The number of hydrogen-bond acceptors (Lipinski definition) is 2. The van der Waals surface area contributed by atoms with Gasteiger partial charge in [-0.2, -0.15) is 11.8 Å². The molecule has 0 spiro atoms. The van der Waals surface area contributed by atoms with E-state index in [-0.39, 0.29) is 5.82 Å². The molecule has 0 heterocycles. The summed E-state index contributed by atoms with van der Waals surface area (Å²) in [5, 5.41) is 4.58. The Morgan fingerprint density at radius 2 is 2.00 bits per heavy atom. The Bertz CT molecular complexity index is 379. The molecule has 3 atom stereocenters. The molecule has 1 aromatic carbocycles. The van der Waals surface area contributed by atoms with Gasteiger partial charge in [-0.15, -0.1) is 0 Å². The zero-order valence-electron chi connectivity index (χ0n) is 11.9. The molecule has 1 aliphatic rings. The molecule has 0 saturated heterocycles. The summed E-state index contributed by atoms with van der Waals surface area (Å²) in [5.41, 5.74) is 1.20. The second-order valence-electron chi connectivity index (χ2n) is 5.27. The number of benzene rings is 1. The van der Waals surface area contributed by atoms with Crippen LogP contribution in [0.4, 0.5) is 4.39 Å². The van der Waals surface area contributed by atoms with Crippen LogP contribution in [0.2, 0.25) is 0 Å². The van der Waals surface area contributed by atoms with Gasteiger partial charge < -0.3 is 5.32 Å². The Labute approximate surface area is 120 Å². The summed E-state index contributed by atoms with van der Waals surface area (Å²) in [4.78, 5) is 0. The minimum Gasteiger partial charge on any atom is -0.307 e. The summed E-state index contributed by atoms with van der Waals surface area (Å²) in [5.74, 6) is 1.06. The van der Waals surface area contributed by atoms with Gasteiger partial charge in [-0.3, -0.25) is 0 Å². The maximum absolute atomic E-state index is 13.0. The van der Waals surface area contributed by atoms with Crippen LogP contribution in [0.25, 0.3) is 0 Å². The fourth-order valence-electron chi connectivity index (χ4n) is 2.91. The fraction of sp³-hybridized carbons (Fsp3) is 0.625. The number of hydrogen-bond donors (Lipinski definition) is 1. The summed E-state index contributed by atoms with van der Waals surface area (Å²) in [6.07, 6.45) is 4.93. The lowest BCUT2D eigenvalue weighted by molar-refractivity contribution is 0.430. The van der Waals surface area contributed by atoms with Crippen LogP contribution < -0.4 is 5.32 Å². The second-order valence-corrected chi connectivity index (χ2v) is 6.84. The molecule has 0 radical (unpaired) electrons. The Balaban J connectivity index is 1.91. The molecule has 1 aromatic rings. The first-order chi connectivity index (χ1) is 9.22. The summed E-state index contributed by atoms with van der Waals surface area (Å²) in [7, 11) is 0. The van der Waals surface area contributed by atoms with Gasteiger partial charge in [0.1, 0.15) is 5.82 Å². The van der Waals surface area contributed by atoms with E-state index in [4.69, 9.17) is 0 Å². The normalized spacial score (nSPS) is 24.6. The lowest BCUT2D eigenvalue weighted by Gasteiger charge is -2.22. The smallest absolute Gasteiger partial charge is 0.123 e. The zero-order chi connectivity index (χ0) is 13.7. The summed E-state index contributed by atoms with van der Waals surface area (Å²) < 4.78 is 13.0. The summed E-state index contributed by atoms with van der Waals surface area (Å²) in [6.45, 7) is 4.42. The average molecular weight is 281 g/mol. The molecule has 3 unspecified atom stereocenters. The highest BCUT2D eigenvalue weighted by molar-refractivity contribution is 7.99. The van der Waals surface area contributed by atoms with E-state index in [9.17, 15) is 4.39 Å². The van der Waals surface area contributed by atoms with Crippen molar-refractivity contribution in [3.63, 3.8) is 0 Å². The quantitative estimate of drug-likeness (QED) is 0.821. The van der Waals surface area contributed by atoms with Crippen LogP contribution in [0.3, 0.4) is 0 Å². The summed E-state index contributed by atoms with van der Waals surface area (Å²) >= 11 is 2.09. The van der Waals surface area contributed by atoms with Crippen molar-refractivity contribution in [2.45, 2.75) is 56.9 Å². The molecule has 1 saturated carbocycles. The maximum Gasteiger partial charge on any atom is 0.123 e. The maximum atomic E-state index is 13.0. The highest BCUT2D eigenvalue weighted by Gasteiger charge is 2.26. The average Bonchev–Trinajstić information content (AvgIpc) is 2.85. The third-order valence-corrected chi connectivity index (χ3v) is 5.14. The third kappa shape index (κ3) is 4.22. The van der Waals surface area contributed by atoms with Gasteiger partial charge in [0, 0.05) is 17.3 Å². The summed E-state index contributed by atoms with van der Waals surface area (Å²) in [6, 6.07) is 7.91. The monoisotopic (exact) mass is 281 g/mol. The van der Waals surface area contributed by atoms with Gasteiger partial charge in [0.2, 0.25) is 0 Å². The van der Waals surface area contributed by atoms with Crippen LogP contribution in [-0.4, -0.2) is 17.0 Å². The van der Waals surface area contributed by atoms with Crippen molar-refractivity contribution in [3.05, 3.63) is 35.6 Å². The number of nitrogens with one attached hydrogen (secondary N) is 1. The first-order valence-corrected chi connectivity index (χ1v) is 8.40. The van der Waals surface area contributed by atoms with Crippen molar-refractivity contribution < 1.29 is 4.39 Å². The van der Waals surface area contributed by atoms with Crippen molar-refractivity contribution >= 4 is 11.8 Å². The molecule has 0 amide bonds. The van der Waals surface area contributed by atoms with Crippen LogP contribution in [0.15, 0.2) is 24.3 Å². The van der Waals surface area contributed by atoms with Gasteiger partial charge in [0.25, 0.3) is 0 Å². The zero-order valence-corrected chi connectivity index (χ0v) is 12.7. The van der Waals surface area contributed by atoms with Crippen molar-refractivity contribution in [2.24, 2.45) is 0 Å². The van der Waals surface area contributed by atoms with Gasteiger partial charge in [-0.05, 0) is 49.1 Å². The Morgan fingerprint density at radius 1 is 1.26 bits per heavy atom. The van der Waals surface area contributed by atoms with Crippen LogP contribution in [0, 0.1) is 5.82 Å². The molecule has 1 aliphatic carbocycles. The van der Waals surface area contributed by atoms with E-state index in [1.54, 1.807) is 12.1 Å². The molecule has 0 bridgehead atoms. The van der Waals surface area contributed by atoms with Crippen LogP contribution in [-0.2, 0) is 0 Å². The molecule has 19 heavy (non-hydrogen) atoms. The second kappa shape index (κ2) is 7.30. The fourth-order valence-corrected chi connectivity index (χ4v) is 4.05. The molecular weight excluding hydrogens is 257 g/mol. The minimum atomic E-state index is -0.154. The van der Waals surface area contributed by atoms with Crippen molar-refractivity contribution in [1.82, 2.24) is 5.32 Å². The van der Waals surface area contributed by atoms with Crippen LogP contribution >= 0.6 is 11.8 Å². The first-order valence-electron chi connectivity index (χ1n) is 7.36. The minimum absolute atomic E-state index is 0.154. The Kier molecular flexibility index (Phi) is 5.71. The first kappa shape index (κ1) is 14.9. The molecule has 1 nitrogen and oxygen atoms in total. The van der Waals surface area contributed by atoms with E-state index in [0.717, 1.165) is 11.7 Å². The third-order valence-electron chi connectivity index (χ3n) is 3.90. The van der Waals surface area contributed by atoms with Gasteiger partial charge >= 0.3 is 0 Å². The lowest BCUT2D eigenvalue weighted by atomic mass is 10.0. The van der Waals surface area contributed by atoms with E-state index in [1.807, 2.05) is 12.1 Å². The lowest BCUT2D eigenvalue weighted by Crippen LogP contribution is -2.30. The predicted molar refractivity (Wildman–Crippen MR) is 82.1 cm³/mol. The highest BCUT2D eigenvalue weighted by atomic mass is 32.2. The molecule has 1 N–H and O–H groups in total. The van der Waals surface area contributed by atoms with Crippen molar-refractivity contribution in [3.8, 4) is 0 Å². The molecule has 106 valence electrons. The van der Waals surface area contributed by atoms with E-state index < -0.39 is 0 Å². The van der Waals surface area contributed by atoms with E-state index in [1.165, 1.54) is 30.6 Å². The predicted octanol–water partition coefficient (Wildman–Crippen LogP) is 4.54. The van der Waals surface area contributed by atoms with Crippen molar-refractivity contribution in [2.75, 3.05) is 5.75 Å². The molecule has 0 aromatic heterocycles. The molecule has 1 fully saturated rings. The molecular formula is C16H24FNS. The number of rotatable bonds is 6. The van der Waals surface area contributed by atoms with Crippen molar-refractivity contribution in [1.29, 1.82) is 0 Å². The molecule has 3 heteroatoms. The van der Waals surface area contributed by atoms with Gasteiger partial charge in [-0.1, -0.05) is 26.0 Å². The van der Waals surface area contributed by atoms with Gasteiger partial charge in [0.15, 0.2) is 0 Å². The van der Waals surface area contributed by atoms with Crippen LogP contribution in [0.5, 0.6) is 0 Å². The standard InChI is InChI=1S/C16H24FNS/c1-3-16(12-5-7-13(17)8-6-12)18-14-9-10-15(11-14)19-4-2/h5-8,14-16,18H,3-4,9-11H2,1-2H3. The number of thioether (sulfide) groups is 1. The highest BCUT2D eigenvalue weighted by Crippen LogP contribution is 2.31. The topological polar surface area (TPSA) is 12.0 Å². The molecule has 2 rings (SSSR count). The van der Waals surface area contributed by atoms with E-state index in [0.29, 0.717) is 12.1 Å². The number of halogens is 1. The molecule has 0 aliphatic heterocycles. The Morgan fingerprint density at radius 3 is 2.63 bits per heavy atom. The SMILES string of the molecule is CCSC1CCC(NC(CC)c2ccc(F)cc2)C1. The largest absolute Gasteiger partial charge is 0.307 e. The van der Waals surface area contributed by atoms with E-state index in [2.05, 4.69) is 30.9 Å². The van der Waals surface area contributed by atoms with E-state index >= 15 is 0 Å². The van der Waals surface area contributed by atoms with Gasteiger partial charge in [0.05, 0.1) is 0 Å². The van der Waals surface area contributed by atoms with Gasteiger partial charge in [-0.25, -0.2) is 4.39 Å².